The zero-order valence-corrected chi connectivity index (χ0v) is 12.4. The predicted octanol–water partition coefficient (Wildman–Crippen LogP) is 3.06. The van der Waals surface area contributed by atoms with Gasteiger partial charge in [-0.15, -0.1) is 0 Å². The lowest BCUT2D eigenvalue weighted by atomic mass is 10.2. The number of rotatable bonds is 4. The van der Waals surface area contributed by atoms with Crippen LogP contribution in [0.2, 0.25) is 10.0 Å². The van der Waals surface area contributed by atoms with Gasteiger partial charge in [0.25, 0.3) is 15.0 Å². The van der Waals surface area contributed by atoms with Crippen molar-refractivity contribution in [3.05, 3.63) is 27.7 Å². The summed E-state index contributed by atoms with van der Waals surface area (Å²) < 4.78 is 22.6. The molecule has 100 valence electrons. The molecule has 0 saturated carbocycles. The van der Waals surface area contributed by atoms with Gasteiger partial charge in [-0.3, -0.25) is 4.79 Å². The molecule has 0 bridgehead atoms. The minimum atomic E-state index is -4.06. The third kappa shape index (κ3) is 3.75. The Hall–Kier alpha value is -0.490. The molecule has 1 N–H and O–H groups in total. The average molecular weight is 331 g/mol. The number of hydrogen-bond acceptors (Lipinski definition) is 3. The lowest BCUT2D eigenvalue weighted by Gasteiger charge is -2.09. The summed E-state index contributed by atoms with van der Waals surface area (Å²) in [4.78, 5) is 11.4. The molecule has 8 heteroatoms. The molecule has 0 aliphatic rings. The Morgan fingerprint density at radius 2 is 1.94 bits per heavy atom. The summed E-state index contributed by atoms with van der Waals surface area (Å²) in [6.07, 6.45) is 0.741. The van der Waals surface area contributed by atoms with E-state index in [0.717, 1.165) is 12.5 Å². The lowest BCUT2D eigenvalue weighted by molar-refractivity contribution is 0.0953. The molecule has 0 saturated heterocycles. The third-order valence-corrected chi connectivity index (χ3v) is 4.13. The zero-order chi connectivity index (χ0) is 13.9. The summed E-state index contributed by atoms with van der Waals surface area (Å²) in [5, 5.41) is 2.41. The van der Waals surface area contributed by atoms with E-state index in [1.165, 1.54) is 6.07 Å². The van der Waals surface area contributed by atoms with Crippen molar-refractivity contribution in [3.8, 4) is 0 Å². The third-order valence-electron chi connectivity index (χ3n) is 2.05. The lowest BCUT2D eigenvalue weighted by Crippen LogP contribution is -2.24. The van der Waals surface area contributed by atoms with Crippen molar-refractivity contribution < 1.29 is 13.2 Å². The Morgan fingerprint density at radius 3 is 2.44 bits per heavy atom. The Morgan fingerprint density at radius 1 is 1.33 bits per heavy atom. The van der Waals surface area contributed by atoms with Crippen LogP contribution in [0.3, 0.4) is 0 Å². The fourth-order valence-electron chi connectivity index (χ4n) is 1.24. The first-order valence-corrected chi connectivity index (χ1v) is 8.05. The second kappa shape index (κ2) is 6.10. The molecule has 1 aromatic rings. The van der Waals surface area contributed by atoms with Crippen LogP contribution in [0.1, 0.15) is 23.7 Å². The standard InChI is InChI=1S/C10H10Cl3NO3S/c1-2-3-14-10(15)7-4-6(11)5-8(9(7)12)18(13,16)17/h4-5H,2-3H2,1H3,(H,14,15). The molecular weight excluding hydrogens is 321 g/mol. The van der Waals surface area contributed by atoms with Gasteiger partial charge in [0.1, 0.15) is 4.90 Å². The molecule has 1 amide bonds. The van der Waals surface area contributed by atoms with Crippen LogP contribution in [0, 0.1) is 0 Å². The van der Waals surface area contributed by atoms with E-state index < -0.39 is 15.0 Å². The zero-order valence-electron chi connectivity index (χ0n) is 9.34. The van der Waals surface area contributed by atoms with E-state index in [-0.39, 0.29) is 20.5 Å². The van der Waals surface area contributed by atoms with Crippen molar-refractivity contribution in [2.24, 2.45) is 0 Å². The van der Waals surface area contributed by atoms with Crippen LogP contribution in [0.15, 0.2) is 17.0 Å². The summed E-state index contributed by atoms with van der Waals surface area (Å²) >= 11 is 11.6. The van der Waals surface area contributed by atoms with Crippen LogP contribution in [0.5, 0.6) is 0 Å². The van der Waals surface area contributed by atoms with Crippen LogP contribution in [0.25, 0.3) is 0 Å². The van der Waals surface area contributed by atoms with Gasteiger partial charge in [-0.25, -0.2) is 8.42 Å². The molecule has 0 aliphatic carbocycles. The average Bonchev–Trinajstić information content (AvgIpc) is 2.27. The van der Waals surface area contributed by atoms with Crippen LogP contribution in [-0.4, -0.2) is 20.9 Å². The highest BCUT2D eigenvalue weighted by molar-refractivity contribution is 8.13. The van der Waals surface area contributed by atoms with E-state index in [1.54, 1.807) is 0 Å². The van der Waals surface area contributed by atoms with Crippen molar-refractivity contribution in [1.29, 1.82) is 0 Å². The summed E-state index contributed by atoms with van der Waals surface area (Å²) in [5.74, 6) is -0.495. The largest absolute Gasteiger partial charge is 0.352 e. The van der Waals surface area contributed by atoms with Gasteiger partial charge in [-0.05, 0) is 18.6 Å². The van der Waals surface area contributed by atoms with Crippen LogP contribution < -0.4 is 5.32 Å². The van der Waals surface area contributed by atoms with E-state index in [0.29, 0.717) is 6.54 Å². The van der Waals surface area contributed by atoms with Gasteiger partial charge < -0.3 is 5.32 Å². The SMILES string of the molecule is CCCNC(=O)c1cc(Cl)cc(S(=O)(=O)Cl)c1Cl. The van der Waals surface area contributed by atoms with E-state index >= 15 is 0 Å². The Balaban J connectivity index is 3.30. The molecule has 0 unspecified atom stereocenters. The second-order valence-corrected chi connectivity index (χ2v) is 6.81. The van der Waals surface area contributed by atoms with Gasteiger partial charge in [-0.2, -0.15) is 0 Å². The number of hydrogen-bond donors (Lipinski definition) is 1. The molecule has 1 aromatic carbocycles. The highest BCUT2D eigenvalue weighted by Gasteiger charge is 2.22. The van der Waals surface area contributed by atoms with Crippen molar-refractivity contribution in [3.63, 3.8) is 0 Å². The van der Waals surface area contributed by atoms with Crippen molar-refractivity contribution in [2.75, 3.05) is 6.54 Å². The van der Waals surface area contributed by atoms with Crippen molar-refractivity contribution >= 4 is 48.8 Å². The topological polar surface area (TPSA) is 63.2 Å². The first kappa shape index (κ1) is 15.6. The molecule has 0 atom stereocenters. The molecule has 0 aromatic heterocycles. The highest BCUT2D eigenvalue weighted by Crippen LogP contribution is 2.31. The molecule has 0 aliphatic heterocycles. The minimum absolute atomic E-state index is 0.0168. The second-order valence-electron chi connectivity index (χ2n) is 3.46. The Bertz CT molecular complexity index is 572. The monoisotopic (exact) mass is 329 g/mol. The number of benzene rings is 1. The minimum Gasteiger partial charge on any atom is -0.352 e. The fourth-order valence-corrected chi connectivity index (χ4v) is 3.10. The molecular formula is C10H10Cl3NO3S. The highest BCUT2D eigenvalue weighted by atomic mass is 35.7. The smallest absolute Gasteiger partial charge is 0.262 e. The summed E-state index contributed by atoms with van der Waals surface area (Å²) in [6.45, 7) is 2.33. The van der Waals surface area contributed by atoms with E-state index in [2.05, 4.69) is 5.32 Å². The molecule has 4 nitrogen and oxygen atoms in total. The van der Waals surface area contributed by atoms with Gasteiger partial charge in [0, 0.05) is 22.2 Å². The summed E-state index contributed by atoms with van der Waals surface area (Å²) in [5.41, 5.74) is -0.0168. The normalized spacial score (nSPS) is 11.3. The molecule has 0 heterocycles. The fraction of sp³-hybridized carbons (Fsp3) is 0.300. The maximum absolute atomic E-state index is 11.8. The summed E-state index contributed by atoms with van der Waals surface area (Å²) in [6, 6.07) is 2.39. The first-order valence-electron chi connectivity index (χ1n) is 4.99. The van der Waals surface area contributed by atoms with E-state index in [9.17, 15) is 13.2 Å². The predicted molar refractivity (Wildman–Crippen MR) is 72.1 cm³/mol. The quantitative estimate of drug-likeness (QED) is 0.863. The Labute approximate surface area is 120 Å². The molecule has 18 heavy (non-hydrogen) atoms. The molecule has 1 rings (SSSR count). The van der Waals surface area contributed by atoms with Crippen molar-refractivity contribution in [2.45, 2.75) is 18.2 Å². The molecule has 0 radical (unpaired) electrons. The van der Waals surface area contributed by atoms with Gasteiger partial charge in [-0.1, -0.05) is 30.1 Å². The number of halogens is 3. The van der Waals surface area contributed by atoms with Crippen LogP contribution in [-0.2, 0) is 9.05 Å². The first-order chi connectivity index (χ1) is 8.27. The van der Waals surface area contributed by atoms with E-state index in [1.807, 2.05) is 6.92 Å². The van der Waals surface area contributed by atoms with Gasteiger partial charge in [0.05, 0.1) is 10.6 Å². The van der Waals surface area contributed by atoms with Gasteiger partial charge in [0.15, 0.2) is 0 Å². The number of nitrogens with one attached hydrogen (secondary N) is 1. The van der Waals surface area contributed by atoms with Gasteiger partial charge >= 0.3 is 0 Å². The summed E-state index contributed by atoms with van der Waals surface area (Å²) in [7, 11) is 1.16. The number of amides is 1. The molecule has 0 fully saturated rings. The maximum atomic E-state index is 11.8. The van der Waals surface area contributed by atoms with E-state index in [4.69, 9.17) is 33.9 Å². The maximum Gasteiger partial charge on any atom is 0.262 e. The van der Waals surface area contributed by atoms with Gasteiger partial charge in [0.2, 0.25) is 0 Å². The Kier molecular flexibility index (Phi) is 5.28. The number of carbonyl (C=O) groups is 1. The number of carbonyl (C=O) groups excluding carboxylic acids is 1. The van der Waals surface area contributed by atoms with Crippen LogP contribution in [0.4, 0.5) is 0 Å². The molecule has 0 spiro atoms. The van der Waals surface area contributed by atoms with Crippen molar-refractivity contribution in [1.82, 2.24) is 5.32 Å². The van der Waals surface area contributed by atoms with Crippen LogP contribution >= 0.6 is 33.9 Å².